The van der Waals surface area contributed by atoms with Crippen LogP contribution in [0.4, 0.5) is 5.95 Å². The second-order valence-electron chi connectivity index (χ2n) is 4.14. The monoisotopic (exact) mass is 298 g/mol. The lowest BCUT2D eigenvalue weighted by atomic mass is 10.3. The fraction of sp³-hybridized carbons (Fsp3) is 0.455. The quantitative estimate of drug-likeness (QED) is 0.812. The summed E-state index contributed by atoms with van der Waals surface area (Å²) in [5.41, 5.74) is 0. The molecule has 1 atom stereocenters. The number of hydrogen-bond donors (Lipinski definition) is 1. The van der Waals surface area contributed by atoms with Gasteiger partial charge >= 0.3 is 0 Å². The summed E-state index contributed by atoms with van der Waals surface area (Å²) in [6, 6.07) is 1.75. The average Bonchev–Trinajstić information content (AvgIpc) is 2.92. The third kappa shape index (κ3) is 3.62. The molecule has 0 amide bonds. The van der Waals surface area contributed by atoms with Crippen LogP contribution in [-0.2, 0) is 4.74 Å². The van der Waals surface area contributed by atoms with Gasteiger partial charge in [-0.25, -0.2) is 4.68 Å². The van der Waals surface area contributed by atoms with Crippen LogP contribution in [0.25, 0.3) is 5.95 Å². The van der Waals surface area contributed by atoms with Crippen molar-refractivity contribution in [1.82, 2.24) is 24.7 Å². The van der Waals surface area contributed by atoms with Crippen LogP contribution in [0.1, 0.15) is 0 Å². The van der Waals surface area contributed by atoms with Crippen LogP contribution in [0, 0.1) is 0 Å². The number of halogens is 1. The maximum Gasteiger partial charge on any atom is 0.256 e. The Balaban J connectivity index is 2.19. The van der Waals surface area contributed by atoms with Gasteiger partial charge in [0, 0.05) is 33.1 Å². The van der Waals surface area contributed by atoms with Gasteiger partial charge in [-0.1, -0.05) is 0 Å². The Morgan fingerprint density at radius 1 is 1.45 bits per heavy atom. The molecule has 0 spiro atoms. The highest BCUT2D eigenvalue weighted by Gasteiger charge is 2.14. The number of aromatic nitrogens is 5. The van der Waals surface area contributed by atoms with Crippen molar-refractivity contribution in [2.24, 2.45) is 0 Å². The van der Waals surface area contributed by atoms with Crippen molar-refractivity contribution in [2.45, 2.75) is 6.10 Å². The van der Waals surface area contributed by atoms with E-state index < -0.39 is 6.10 Å². The average molecular weight is 299 g/mol. The Bertz CT molecular complexity index is 550. The van der Waals surface area contributed by atoms with E-state index in [4.69, 9.17) is 16.3 Å². The van der Waals surface area contributed by atoms with E-state index in [0.29, 0.717) is 18.4 Å². The largest absolute Gasteiger partial charge is 0.389 e. The Kier molecular flexibility index (Phi) is 4.83. The van der Waals surface area contributed by atoms with Crippen LogP contribution in [0.3, 0.4) is 0 Å². The second kappa shape index (κ2) is 6.60. The molecule has 1 N–H and O–H groups in total. The zero-order valence-electron chi connectivity index (χ0n) is 11.1. The molecule has 20 heavy (non-hydrogen) atoms. The summed E-state index contributed by atoms with van der Waals surface area (Å²) in [4.78, 5) is 14.0. The maximum atomic E-state index is 9.72. The summed E-state index contributed by atoms with van der Waals surface area (Å²) < 4.78 is 6.36. The molecule has 8 nitrogen and oxygen atoms in total. The van der Waals surface area contributed by atoms with Gasteiger partial charge in [-0.2, -0.15) is 20.1 Å². The number of anilines is 1. The minimum atomic E-state index is -0.645. The lowest BCUT2D eigenvalue weighted by molar-refractivity contribution is 0.0693. The van der Waals surface area contributed by atoms with Crippen molar-refractivity contribution < 1.29 is 9.84 Å². The van der Waals surface area contributed by atoms with Crippen LogP contribution in [0.5, 0.6) is 0 Å². The zero-order chi connectivity index (χ0) is 14.5. The molecule has 0 aromatic carbocycles. The molecule has 0 radical (unpaired) electrons. The van der Waals surface area contributed by atoms with Gasteiger partial charge in [-0.3, -0.25) is 0 Å². The number of methoxy groups -OCH3 is 1. The third-order valence-corrected chi connectivity index (χ3v) is 2.65. The summed E-state index contributed by atoms with van der Waals surface area (Å²) >= 11 is 5.89. The number of rotatable bonds is 6. The number of aliphatic hydroxyl groups excluding tert-OH is 1. The van der Waals surface area contributed by atoms with Crippen molar-refractivity contribution >= 4 is 17.5 Å². The molecule has 0 saturated heterocycles. The minimum Gasteiger partial charge on any atom is -0.389 e. The van der Waals surface area contributed by atoms with E-state index in [2.05, 4.69) is 20.1 Å². The van der Waals surface area contributed by atoms with Crippen molar-refractivity contribution in [3.05, 3.63) is 23.7 Å². The lowest BCUT2D eigenvalue weighted by Crippen LogP contribution is -2.33. The van der Waals surface area contributed by atoms with Crippen molar-refractivity contribution in [1.29, 1.82) is 0 Å². The SMILES string of the molecule is COCC(O)CN(C)c1nc(Cl)nc(-n2cccn2)n1. The molecular formula is C11H15ClN6O2. The van der Waals surface area contributed by atoms with Crippen LogP contribution < -0.4 is 4.90 Å². The maximum absolute atomic E-state index is 9.72. The molecule has 0 bridgehead atoms. The van der Waals surface area contributed by atoms with Gasteiger partial charge in [0.05, 0.1) is 12.7 Å². The summed E-state index contributed by atoms with van der Waals surface area (Å²) in [5.74, 6) is 0.670. The Hall–Kier alpha value is -1.77. The molecule has 2 heterocycles. The number of hydrogen-bond acceptors (Lipinski definition) is 7. The van der Waals surface area contributed by atoms with Crippen molar-refractivity contribution in [2.75, 3.05) is 32.2 Å². The zero-order valence-corrected chi connectivity index (χ0v) is 11.9. The van der Waals surface area contributed by atoms with Gasteiger partial charge in [-0.15, -0.1) is 0 Å². The molecule has 1 unspecified atom stereocenters. The molecule has 0 fully saturated rings. The van der Waals surface area contributed by atoms with E-state index in [0.717, 1.165) is 0 Å². The first-order chi connectivity index (χ1) is 9.60. The van der Waals surface area contributed by atoms with E-state index >= 15 is 0 Å². The fourth-order valence-electron chi connectivity index (χ4n) is 1.63. The standard InChI is InChI=1S/C11H15ClN6O2/c1-17(6-8(19)7-20-2)10-14-9(12)15-11(16-10)18-5-3-4-13-18/h3-5,8,19H,6-7H2,1-2H3. The Morgan fingerprint density at radius 3 is 2.90 bits per heavy atom. The first kappa shape index (κ1) is 14.6. The number of ether oxygens (including phenoxy) is 1. The highest BCUT2D eigenvalue weighted by atomic mass is 35.5. The molecule has 108 valence electrons. The van der Waals surface area contributed by atoms with Crippen LogP contribution in [-0.4, -0.2) is 63.3 Å². The molecule has 9 heteroatoms. The molecule has 0 aliphatic heterocycles. The number of aliphatic hydroxyl groups is 1. The molecular weight excluding hydrogens is 284 g/mol. The van der Waals surface area contributed by atoms with Crippen molar-refractivity contribution in [3.63, 3.8) is 0 Å². The first-order valence-electron chi connectivity index (χ1n) is 5.90. The van der Waals surface area contributed by atoms with E-state index in [-0.39, 0.29) is 11.9 Å². The fourth-order valence-corrected chi connectivity index (χ4v) is 1.78. The molecule has 2 aromatic rings. The molecule has 0 saturated carbocycles. The normalized spacial score (nSPS) is 12.4. The predicted octanol–water partition coefficient (Wildman–Crippen LogP) is 0.154. The molecule has 0 aliphatic rings. The van der Waals surface area contributed by atoms with Gasteiger partial charge in [0.1, 0.15) is 0 Å². The number of nitrogens with zero attached hydrogens (tertiary/aromatic N) is 6. The highest BCUT2D eigenvalue weighted by Crippen LogP contribution is 2.12. The first-order valence-corrected chi connectivity index (χ1v) is 6.27. The smallest absolute Gasteiger partial charge is 0.256 e. The van der Waals surface area contributed by atoms with Gasteiger partial charge in [-0.05, 0) is 17.7 Å². The van der Waals surface area contributed by atoms with Gasteiger partial charge in [0.15, 0.2) is 0 Å². The topological polar surface area (TPSA) is 89.2 Å². The van der Waals surface area contributed by atoms with Gasteiger partial charge in [0.25, 0.3) is 5.95 Å². The second-order valence-corrected chi connectivity index (χ2v) is 4.48. The van der Waals surface area contributed by atoms with E-state index in [1.807, 2.05) is 0 Å². The van der Waals surface area contributed by atoms with Crippen LogP contribution in [0.15, 0.2) is 18.5 Å². The summed E-state index contributed by atoms with van der Waals surface area (Å²) in [7, 11) is 3.27. The predicted molar refractivity (Wildman–Crippen MR) is 73.1 cm³/mol. The van der Waals surface area contributed by atoms with Gasteiger partial charge < -0.3 is 14.7 Å². The van der Waals surface area contributed by atoms with Crippen LogP contribution in [0.2, 0.25) is 5.28 Å². The number of likely N-dealkylation sites (N-methyl/N-ethyl adjacent to an activating group) is 1. The van der Waals surface area contributed by atoms with E-state index in [1.54, 1.807) is 30.4 Å². The summed E-state index contributed by atoms with van der Waals surface area (Å²) in [6.45, 7) is 0.544. The lowest BCUT2D eigenvalue weighted by Gasteiger charge is -2.20. The van der Waals surface area contributed by atoms with E-state index in [1.165, 1.54) is 11.8 Å². The highest BCUT2D eigenvalue weighted by molar-refractivity contribution is 6.28. The van der Waals surface area contributed by atoms with Gasteiger partial charge in [0.2, 0.25) is 11.2 Å². The van der Waals surface area contributed by atoms with Crippen molar-refractivity contribution in [3.8, 4) is 5.95 Å². The summed E-state index contributed by atoms with van der Waals surface area (Å²) in [5, 5.41) is 13.8. The molecule has 2 rings (SSSR count). The molecule has 0 aliphatic carbocycles. The Morgan fingerprint density at radius 2 is 2.25 bits per heavy atom. The van der Waals surface area contributed by atoms with E-state index in [9.17, 15) is 5.11 Å². The minimum absolute atomic E-state index is 0.0635. The van der Waals surface area contributed by atoms with Crippen LogP contribution >= 0.6 is 11.6 Å². The molecule has 2 aromatic heterocycles. The third-order valence-electron chi connectivity index (χ3n) is 2.48. The summed E-state index contributed by atoms with van der Waals surface area (Å²) in [6.07, 6.45) is 2.67. The Labute approximate surface area is 121 Å².